The first kappa shape index (κ1) is 11.7. The second kappa shape index (κ2) is 3.37. The van der Waals surface area contributed by atoms with Crippen LogP contribution in [0.3, 0.4) is 0 Å². The molecule has 2 bridgehead atoms. The van der Waals surface area contributed by atoms with Gasteiger partial charge in [-0.25, -0.2) is 0 Å². The van der Waals surface area contributed by atoms with E-state index in [4.69, 9.17) is 4.74 Å². The average Bonchev–Trinajstić information content (AvgIpc) is 2.29. The fourth-order valence-corrected chi connectivity index (χ4v) is 3.13. The van der Waals surface area contributed by atoms with Crippen LogP contribution in [0, 0.1) is 10.8 Å². The molecule has 0 spiro atoms. The summed E-state index contributed by atoms with van der Waals surface area (Å²) in [6.45, 7) is 0. The Hall–Kier alpha value is -0.740. The third kappa shape index (κ3) is 1.44. The van der Waals surface area contributed by atoms with Gasteiger partial charge in [0.05, 0.1) is 17.9 Å². The van der Waals surface area contributed by atoms with E-state index in [1.54, 1.807) is 0 Å². The molecule has 92 valence electrons. The highest BCUT2D eigenvalue weighted by molar-refractivity contribution is 5.77. The van der Waals surface area contributed by atoms with Gasteiger partial charge in [0, 0.05) is 0 Å². The lowest BCUT2D eigenvalue weighted by Crippen LogP contribution is -2.52. The molecule has 0 saturated heterocycles. The van der Waals surface area contributed by atoms with E-state index in [-0.39, 0.29) is 25.2 Å². The van der Waals surface area contributed by atoms with E-state index in [0.29, 0.717) is 19.3 Å². The van der Waals surface area contributed by atoms with Gasteiger partial charge < -0.3 is 4.74 Å². The van der Waals surface area contributed by atoms with Crippen LogP contribution in [-0.4, -0.2) is 19.3 Å². The molecule has 0 heterocycles. The summed E-state index contributed by atoms with van der Waals surface area (Å²) < 4.78 is 43.4. The zero-order valence-electron chi connectivity index (χ0n) is 9.19. The quantitative estimate of drug-likeness (QED) is 0.654. The molecule has 3 aliphatic rings. The maximum absolute atomic E-state index is 12.9. The van der Waals surface area contributed by atoms with Crippen LogP contribution in [-0.2, 0) is 9.53 Å². The predicted molar refractivity (Wildman–Crippen MR) is 50.6 cm³/mol. The zero-order chi connectivity index (χ0) is 12.0. The summed E-state index contributed by atoms with van der Waals surface area (Å²) in [5.74, 6) is -0.331. The number of carbonyl (C=O) groups is 1. The molecule has 0 aliphatic heterocycles. The fraction of sp³-hybridized carbons (Fsp3) is 0.909. The van der Waals surface area contributed by atoms with Crippen LogP contribution in [0.2, 0.25) is 0 Å². The van der Waals surface area contributed by atoms with Crippen molar-refractivity contribution in [3.63, 3.8) is 0 Å². The molecule has 0 radical (unpaired) electrons. The first-order valence-corrected chi connectivity index (χ1v) is 5.50. The monoisotopic (exact) mass is 236 g/mol. The Bertz CT molecular complexity index is 284. The number of methoxy groups -OCH3 is 1. The van der Waals surface area contributed by atoms with Crippen LogP contribution in [0.25, 0.3) is 0 Å². The number of esters is 1. The summed E-state index contributed by atoms with van der Waals surface area (Å²) in [4.78, 5) is 11.6. The molecule has 0 aromatic carbocycles. The van der Waals surface area contributed by atoms with Gasteiger partial charge in [-0.2, -0.15) is 13.2 Å². The second-order valence-electron chi connectivity index (χ2n) is 5.05. The van der Waals surface area contributed by atoms with Gasteiger partial charge >= 0.3 is 12.1 Å². The van der Waals surface area contributed by atoms with Crippen LogP contribution in [0.5, 0.6) is 0 Å². The maximum Gasteiger partial charge on any atom is 0.394 e. The summed E-state index contributed by atoms with van der Waals surface area (Å²) in [5.41, 5.74) is -2.15. The molecule has 3 aliphatic carbocycles. The van der Waals surface area contributed by atoms with Crippen LogP contribution >= 0.6 is 0 Å². The Balaban J connectivity index is 2.18. The molecule has 3 saturated carbocycles. The highest BCUT2D eigenvalue weighted by atomic mass is 19.4. The van der Waals surface area contributed by atoms with E-state index in [1.165, 1.54) is 7.11 Å². The zero-order valence-corrected chi connectivity index (χ0v) is 9.19. The smallest absolute Gasteiger partial charge is 0.394 e. The summed E-state index contributed by atoms with van der Waals surface area (Å²) in [6, 6.07) is 0. The van der Waals surface area contributed by atoms with Gasteiger partial charge in [-0.05, 0) is 38.5 Å². The van der Waals surface area contributed by atoms with Crippen molar-refractivity contribution in [2.45, 2.75) is 44.7 Å². The first-order chi connectivity index (χ1) is 7.35. The lowest BCUT2D eigenvalue weighted by Gasteiger charge is -2.52. The minimum absolute atomic E-state index is 0.0750. The molecule has 3 rings (SSSR count). The molecule has 0 N–H and O–H groups in total. The van der Waals surface area contributed by atoms with Gasteiger partial charge in [-0.15, -0.1) is 0 Å². The van der Waals surface area contributed by atoms with Crippen LogP contribution in [0.4, 0.5) is 13.2 Å². The van der Waals surface area contributed by atoms with Crippen molar-refractivity contribution in [2.24, 2.45) is 10.8 Å². The minimum atomic E-state index is -4.13. The molecule has 3 fully saturated rings. The summed E-state index contributed by atoms with van der Waals surface area (Å²) in [6.07, 6.45) is -2.95. The maximum atomic E-state index is 12.9. The standard InChI is InChI=1S/C11H15F3O2/c1-16-8(15)9-2-5-10(6-3-9,7-4-9)11(12,13)14/h2-7H2,1H3. The Morgan fingerprint density at radius 3 is 1.81 bits per heavy atom. The van der Waals surface area contributed by atoms with Gasteiger partial charge in [-0.3, -0.25) is 4.79 Å². The molecule has 0 atom stereocenters. The number of fused-ring (bicyclic) bond motifs is 3. The average molecular weight is 236 g/mol. The normalized spacial score (nSPS) is 38.5. The number of halogens is 3. The van der Waals surface area contributed by atoms with Crippen molar-refractivity contribution in [2.75, 3.05) is 7.11 Å². The highest BCUT2D eigenvalue weighted by Gasteiger charge is 2.63. The Labute approximate surface area is 92.1 Å². The van der Waals surface area contributed by atoms with Crippen molar-refractivity contribution >= 4 is 5.97 Å². The van der Waals surface area contributed by atoms with Crippen LogP contribution < -0.4 is 0 Å². The minimum Gasteiger partial charge on any atom is -0.469 e. The number of rotatable bonds is 1. The molecule has 5 heteroatoms. The fourth-order valence-electron chi connectivity index (χ4n) is 3.13. The highest BCUT2D eigenvalue weighted by Crippen LogP contribution is 2.62. The van der Waals surface area contributed by atoms with Gasteiger partial charge in [0.25, 0.3) is 0 Å². The number of alkyl halides is 3. The lowest BCUT2D eigenvalue weighted by molar-refractivity contribution is -0.260. The summed E-state index contributed by atoms with van der Waals surface area (Å²) in [7, 11) is 1.30. The van der Waals surface area contributed by atoms with Crippen molar-refractivity contribution in [1.29, 1.82) is 0 Å². The largest absolute Gasteiger partial charge is 0.469 e. The number of hydrogen-bond acceptors (Lipinski definition) is 2. The molecule has 0 amide bonds. The third-order valence-corrected chi connectivity index (χ3v) is 4.47. The molecule has 0 aromatic rings. The van der Waals surface area contributed by atoms with E-state index >= 15 is 0 Å². The molecule has 2 nitrogen and oxygen atoms in total. The SMILES string of the molecule is COC(=O)C12CCC(C(F)(F)F)(CC1)CC2. The Kier molecular flexibility index (Phi) is 2.48. The summed E-state index contributed by atoms with van der Waals surface area (Å²) >= 11 is 0. The molecular formula is C11H15F3O2. The van der Waals surface area contributed by atoms with Crippen molar-refractivity contribution in [3.05, 3.63) is 0 Å². The van der Waals surface area contributed by atoms with E-state index < -0.39 is 17.0 Å². The molecule has 0 aromatic heterocycles. The second-order valence-corrected chi connectivity index (χ2v) is 5.05. The van der Waals surface area contributed by atoms with E-state index in [0.717, 1.165) is 0 Å². The summed E-state index contributed by atoms with van der Waals surface area (Å²) in [5, 5.41) is 0. The van der Waals surface area contributed by atoms with E-state index in [9.17, 15) is 18.0 Å². The Morgan fingerprint density at radius 2 is 1.50 bits per heavy atom. The number of hydrogen-bond donors (Lipinski definition) is 0. The van der Waals surface area contributed by atoms with Crippen LogP contribution in [0.15, 0.2) is 0 Å². The van der Waals surface area contributed by atoms with Gasteiger partial charge in [0.2, 0.25) is 0 Å². The molecular weight excluding hydrogens is 221 g/mol. The first-order valence-electron chi connectivity index (χ1n) is 5.50. The van der Waals surface area contributed by atoms with Gasteiger partial charge in [0.15, 0.2) is 0 Å². The molecule has 0 unspecified atom stereocenters. The van der Waals surface area contributed by atoms with Crippen molar-refractivity contribution < 1.29 is 22.7 Å². The van der Waals surface area contributed by atoms with Crippen molar-refractivity contribution in [3.8, 4) is 0 Å². The van der Waals surface area contributed by atoms with Crippen molar-refractivity contribution in [1.82, 2.24) is 0 Å². The van der Waals surface area contributed by atoms with E-state index in [1.807, 2.05) is 0 Å². The topological polar surface area (TPSA) is 26.3 Å². The van der Waals surface area contributed by atoms with Gasteiger partial charge in [0.1, 0.15) is 0 Å². The van der Waals surface area contributed by atoms with E-state index in [2.05, 4.69) is 0 Å². The lowest BCUT2D eigenvalue weighted by atomic mass is 9.53. The van der Waals surface area contributed by atoms with Crippen LogP contribution in [0.1, 0.15) is 38.5 Å². The molecule has 16 heavy (non-hydrogen) atoms. The number of ether oxygens (including phenoxy) is 1. The Morgan fingerprint density at radius 1 is 1.06 bits per heavy atom. The van der Waals surface area contributed by atoms with Gasteiger partial charge in [-0.1, -0.05) is 0 Å². The third-order valence-electron chi connectivity index (χ3n) is 4.47. The predicted octanol–water partition coefficient (Wildman–Crippen LogP) is 3.06. The number of carbonyl (C=O) groups excluding carboxylic acids is 1.